The van der Waals surface area contributed by atoms with E-state index in [1.54, 1.807) is 18.4 Å². The van der Waals surface area contributed by atoms with E-state index in [0.29, 0.717) is 5.76 Å². The maximum absolute atomic E-state index is 11.7. The molecule has 1 aromatic carbocycles. The lowest BCUT2D eigenvalue weighted by molar-refractivity contribution is -0.117. The summed E-state index contributed by atoms with van der Waals surface area (Å²) in [5.74, 6) is 0.582. The lowest BCUT2D eigenvalue weighted by Gasteiger charge is -2.12. The van der Waals surface area contributed by atoms with Crippen molar-refractivity contribution < 1.29 is 9.21 Å². The third-order valence-electron chi connectivity index (χ3n) is 3.04. The Balaban J connectivity index is 1.74. The Morgan fingerprint density at radius 3 is 2.75 bits per heavy atom. The van der Waals surface area contributed by atoms with Crippen LogP contribution in [-0.2, 0) is 11.2 Å². The van der Waals surface area contributed by atoms with Crippen LogP contribution in [0.1, 0.15) is 24.7 Å². The summed E-state index contributed by atoms with van der Waals surface area (Å²) >= 11 is 0. The molecule has 104 valence electrons. The number of carbonyl (C=O) groups is 1. The molecule has 0 radical (unpaired) electrons. The van der Waals surface area contributed by atoms with Crippen molar-refractivity contribution in [1.82, 2.24) is 5.32 Å². The van der Waals surface area contributed by atoms with Crippen LogP contribution in [0.5, 0.6) is 0 Å². The van der Waals surface area contributed by atoms with E-state index in [9.17, 15) is 4.79 Å². The minimum atomic E-state index is -0.0954. The Labute approximate surface area is 119 Å². The van der Waals surface area contributed by atoms with Crippen molar-refractivity contribution in [3.63, 3.8) is 0 Å². The fourth-order valence-electron chi connectivity index (χ4n) is 1.93. The zero-order chi connectivity index (χ0) is 14.2. The van der Waals surface area contributed by atoms with Crippen molar-refractivity contribution >= 4 is 12.0 Å². The number of carbonyl (C=O) groups excluding carboxylic acids is 1. The molecule has 1 N–H and O–H groups in total. The van der Waals surface area contributed by atoms with Gasteiger partial charge >= 0.3 is 0 Å². The number of hydrogen-bond acceptors (Lipinski definition) is 2. The normalized spacial score (nSPS) is 12.4. The van der Waals surface area contributed by atoms with E-state index in [-0.39, 0.29) is 11.9 Å². The lowest BCUT2D eigenvalue weighted by atomic mass is 10.1. The maximum atomic E-state index is 11.7. The number of aryl methyl sites for hydroxylation is 1. The van der Waals surface area contributed by atoms with Gasteiger partial charge in [0, 0.05) is 12.1 Å². The smallest absolute Gasteiger partial charge is 0.244 e. The molecule has 0 unspecified atom stereocenters. The summed E-state index contributed by atoms with van der Waals surface area (Å²) in [5.41, 5.74) is 1.29. The summed E-state index contributed by atoms with van der Waals surface area (Å²) in [5, 5.41) is 2.95. The highest BCUT2D eigenvalue weighted by Crippen LogP contribution is 2.05. The predicted octanol–water partition coefficient (Wildman–Crippen LogP) is 3.43. The molecule has 0 saturated heterocycles. The highest BCUT2D eigenvalue weighted by atomic mass is 16.3. The van der Waals surface area contributed by atoms with Gasteiger partial charge in [-0.3, -0.25) is 4.79 Å². The molecule has 2 aromatic rings. The molecule has 2 rings (SSSR count). The molecular weight excluding hydrogens is 250 g/mol. The largest absolute Gasteiger partial charge is 0.465 e. The van der Waals surface area contributed by atoms with E-state index in [1.807, 2.05) is 31.2 Å². The number of amides is 1. The molecule has 0 bridgehead atoms. The van der Waals surface area contributed by atoms with Gasteiger partial charge in [-0.15, -0.1) is 0 Å². The van der Waals surface area contributed by atoms with Crippen LogP contribution in [0, 0.1) is 0 Å². The van der Waals surface area contributed by atoms with Gasteiger partial charge in [-0.25, -0.2) is 0 Å². The SMILES string of the molecule is C[C@H](CCc1ccccc1)NC(=O)/C=C/c1ccco1. The van der Waals surface area contributed by atoms with Crippen LogP contribution >= 0.6 is 0 Å². The topological polar surface area (TPSA) is 42.2 Å². The van der Waals surface area contributed by atoms with E-state index < -0.39 is 0 Å². The van der Waals surface area contributed by atoms with Gasteiger partial charge in [0.25, 0.3) is 0 Å². The minimum Gasteiger partial charge on any atom is -0.465 e. The van der Waals surface area contributed by atoms with Crippen LogP contribution in [0.4, 0.5) is 0 Å². The Morgan fingerprint density at radius 2 is 2.05 bits per heavy atom. The molecule has 0 saturated carbocycles. The Bertz CT molecular complexity index is 544. The van der Waals surface area contributed by atoms with E-state index in [1.165, 1.54) is 11.6 Å². The van der Waals surface area contributed by atoms with Gasteiger partial charge in [0.15, 0.2) is 0 Å². The summed E-state index contributed by atoms with van der Waals surface area (Å²) in [4.78, 5) is 11.7. The van der Waals surface area contributed by atoms with Crippen LogP contribution in [0.2, 0.25) is 0 Å². The van der Waals surface area contributed by atoms with Gasteiger partial charge in [0.2, 0.25) is 5.91 Å². The number of nitrogens with one attached hydrogen (secondary N) is 1. The van der Waals surface area contributed by atoms with Crippen LogP contribution in [-0.4, -0.2) is 11.9 Å². The molecule has 1 amide bonds. The molecule has 1 atom stereocenters. The fraction of sp³-hybridized carbons (Fsp3) is 0.235. The van der Waals surface area contributed by atoms with Crippen molar-refractivity contribution in [2.24, 2.45) is 0 Å². The summed E-state index contributed by atoms with van der Waals surface area (Å²) in [7, 11) is 0. The van der Waals surface area contributed by atoms with Crippen molar-refractivity contribution in [2.75, 3.05) is 0 Å². The zero-order valence-electron chi connectivity index (χ0n) is 11.6. The van der Waals surface area contributed by atoms with Crippen LogP contribution in [0.15, 0.2) is 59.2 Å². The summed E-state index contributed by atoms with van der Waals surface area (Å²) in [6.07, 6.45) is 6.63. The molecule has 1 aromatic heterocycles. The quantitative estimate of drug-likeness (QED) is 0.816. The molecule has 1 heterocycles. The summed E-state index contributed by atoms with van der Waals surface area (Å²) < 4.78 is 5.13. The molecule has 0 aliphatic heterocycles. The van der Waals surface area contributed by atoms with Gasteiger partial charge in [-0.2, -0.15) is 0 Å². The zero-order valence-corrected chi connectivity index (χ0v) is 11.6. The van der Waals surface area contributed by atoms with Gasteiger partial charge < -0.3 is 9.73 Å². The predicted molar refractivity (Wildman–Crippen MR) is 80.1 cm³/mol. The van der Waals surface area contributed by atoms with E-state index in [2.05, 4.69) is 17.4 Å². The van der Waals surface area contributed by atoms with E-state index in [4.69, 9.17) is 4.42 Å². The first-order chi connectivity index (χ1) is 9.74. The first kappa shape index (κ1) is 14.1. The average Bonchev–Trinajstić information content (AvgIpc) is 2.97. The Hall–Kier alpha value is -2.29. The van der Waals surface area contributed by atoms with Crippen molar-refractivity contribution in [3.05, 3.63) is 66.1 Å². The number of furan rings is 1. The molecule has 0 aliphatic rings. The second kappa shape index (κ2) is 7.34. The standard InChI is InChI=1S/C17H19NO2/c1-14(9-10-15-6-3-2-4-7-15)18-17(19)12-11-16-8-5-13-20-16/h2-8,11-14H,9-10H2,1H3,(H,18,19)/b12-11+/t14-/m1/s1. The van der Waals surface area contributed by atoms with Crippen LogP contribution < -0.4 is 5.32 Å². The first-order valence-corrected chi connectivity index (χ1v) is 6.80. The third kappa shape index (κ3) is 4.76. The van der Waals surface area contributed by atoms with Crippen molar-refractivity contribution in [1.29, 1.82) is 0 Å². The second-order valence-corrected chi connectivity index (χ2v) is 4.78. The molecule has 3 heteroatoms. The van der Waals surface area contributed by atoms with Crippen LogP contribution in [0.3, 0.4) is 0 Å². The Kier molecular flexibility index (Phi) is 5.18. The number of rotatable bonds is 6. The van der Waals surface area contributed by atoms with Gasteiger partial charge in [-0.05, 0) is 43.5 Å². The molecule has 3 nitrogen and oxygen atoms in total. The molecule has 0 aliphatic carbocycles. The minimum absolute atomic E-state index is 0.0954. The molecule has 20 heavy (non-hydrogen) atoms. The fourth-order valence-corrected chi connectivity index (χ4v) is 1.93. The molecule has 0 spiro atoms. The average molecular weight is 269 g/mol. The third-order valence-corrected chi connectivity index (χ3v) is 3.04. The Morgan fingerprint density at radius 1 is 1.25 bits per heavy atom. The van der Waals surface area contributed by atoms with Crippen molar-refractivity contribution in [2.45, 2.75) is 25.8 Å². The van der Waals surface area contributed by atoms with Crippen molar-refractivity contribution in [3.8, 4) is 0 Å². The molecule has 0 fully saturated rings. The van der Waals surface area contributed by atoms with Gasteiger partial charge in [0.05, 0.1) is 6.26 Å². The molecular formula is C17H19NO2. The van der Waals surface area contributed by atoms with Gasteiger partial charge in [-0.1, -0.05) is 30.3 Å². The monoisotopic (exact) mass is 269 g/mol. The number of benzene rings is 1. The first-order valence-electron chi connectivity index (χ1n) is 6.80. The second-order valence-electron chi connectivity index (χ2n) is 4.78. The highest BCUT2D eigenvalue weighted by Gasteiger charge is 2.05. The summed E-state index contributed by atoms with van der Waals surface area (Å²) in [6.45, 7) is 2.02. The summed E-state index contributed by atoms with van der Waals surface area (Å²) in [6, 6.07) is 14.0. The van der Waals surface area contributed by atoms with E-state index in [0.717, 1.165) is 12.8 Å². The number of hydrogen-bond donors (Lipinski definition) is 1. The van der Waals surface area contributed by atoms with Crippen LogP contribution in [0.25, 0.3) is 6.08 Å². The van der Waals surface area contributed by atoms with E-state index >= 15 is 0 Å². The maximum Gasteiger partial charge on any atom is 0.244 e. The van der Waals surface area contributed by atoms with Gasteiger partial charge in [0.1, 0.15) is 5.76 Å². The lowest BCUT2D eigenvalue weighted by Crippen LogP contribution is -2.31. The highest BCUT2D eigenvalue weighted by molar-refractivity contribution is 5.91.